The van der Waals surface area contributed by atoms with Crippen LogP contribution in [-0.2, 0) is 5.41 Å². The summed E-state index contributed by atoms with van der Waals surface area (Å²) in [6.07, 6.45) is 0. The van der Waals surface area contributed by atoms with Crippen molar-refractivity contribution in [2.24, 2.45) is 0 Å². The molecule has 3 heteroatoms. The fourth-order valence-electron chi connectivity index (χ4n) is 7.74. The van der Waals surface area contributed by atoms with Crippen molar-refractivity contribution in [1.82, 2.24) is 0 Å². The Kier molecular flexibility index (Phi) is 6.20. The molecule has 0 aliphatic carbocycles. The van der Waals surface area contributed by atoms with Crippen LogP contribution in [0.2, 0.25) is 0 Å². The van der Waals surface area contributed by atoms with Gasteiger partial charge in [-0.1, -0.05) is 129 Å². The highest BCUT2D eigenvalue weighted by Gasteiger charge is 2.40. The fraction of sp³-hybridized carbons (Fsp3) is 0.0909. The number of hydrogen-bond donors (Lipinski definition) is 1. The Bertz CT molecular complexity index is 2340. The predicted octanol–water partition coefficient (Wildman–Crippen LogP) is 10.3. The van der Waals surface area contributed by atoms with Crippen LogP contribution in [0.1, 0.15) is 30.5 Å². The molecule has 9 rings (SSSR count). The number of anilines is 5. The van der Waals surface area contributed by atoms with E-state index in [1.165, 1.54) is 77.7 Å². The summed E-state index contributed by atoms with van der Waals surface area (Å²) in [6.45, 7) is 6.94. The highest BCUT2D eigenvalue weighted by molar-refractivity contribution is 6.73. The molecule has 2 aliphatic heterocycles. The Balaban J connectivity index is 1.23. The van der Waals surface area contributed by atoms with E-state index in [2.05, 4.69) is 184 Å². The summed E-state index contributed by atoms with van der Waals surface area (Å²) >= 11 is 0. The van der Waals surface area contributed by atoms with Crippen LogP contribution in [0.15, 0.2) is 146 Å². The van der Waals surface area contributed by atoms with Crippen molar-refractivity contribution in [2.45, 2.75) is 26.2 Å². The van der Waals surface area contributed by atoms with Gasteiger partial charge in [-0.2, -0.15) is 0 Å². The lowest BCUT2D eigenvalue weighted by atomic mass is 9.56. The van der Waals surface area contributed by atoms with Crippen LogP contribution < -0.4 is 21.1 Å². The van der Waals surface area contributed by atoms with Gasteiger partial charge in [-0.15, -0.1) is 0 Å². The molecule has 0 unspecified atom stereocenters. The quantitative estimate of drug-likeness (QED) is 0.202. The Hall–Kier alpha value is -5.54. The first-order chi connectivity index (χ1) is 23.0. The van der Waals surface area contributed by atoms with E-state index in [0.29, 0.717) is 0 Å². The number of para-hydroxylation sites is 2. The molecular formula is C44H34BN2. The van der Waals surface area contributed by atoms with Gasteiger partial charge in [-0.3, -0.25) is 0 Å². The molecule has 0 atom stereocenters. The maximum Gasteiger partial charge on any atom is 0.197 e. The van der Waals surface area contributed by atoms with Crippen molar-refractivity contribution in [2.75, 3.05) is 10.2 Å². The molecular weight excluding hydrogens is 567 g/mol. The molecule has 7 aromatic rings. The van der Waals surface area contributed by atoms with E-state index < -0.39 is 0 Å². The van der Waals surface area contributed by atoms with Crippen molar-refractivity contribution in [3.8, 4) is 22.3 Å². The van der Waals surface area contributed by atoms with Gasteiger partial charge in [0.05, 0.1) is 5.69 Å². The summed E-state index contributed by atoms with van der Waals surface area (Å²) in [5.41, 5.74) is 17.2. The zero-order chi connectivity index (χ0) is 31.7. The van der Waals surface area contributed by atoms with Crippen molar-refractivity contribution >= 4 is 57.4 Å². The van der Waals surface area contributed by atoms with Gasteiger partial charge in [-0.25, -0.2) is 0 Å². The molecule has 0 aromatic heterocycles. The molecule has 223 valence electrons. The SMILES string of the molecule is Cc1cc(-c2cc3ccccc3cc2Nc2ccc(-c3ccccc3)cc2)c2c(c1)N1c3ccccc3C(C)(C)c3cccc(c31)[B]2. The van der Waals surface area contributed by atoms with E-state index in [-0.39, 0.29) is 5.41 Å². The minimum Gasteiger partial charge on any atom is -0.355 e. The Morgan fingerprint density at radius 1 is 0.574 bits per heavy atom. The average molecular weight is 602 g/mol. The second-order valence-electron chi connectivity index (χ2n) is 13.4. The number of benzene rings is 7. The normalized spacial score (nSPS) is 13.7. The number of hydrogen-bond acceptors (Lipinski definition) is 2. The lowest BCUT2D eigenvalue weighted by Crippen LogP contribution is -2.45. The third-order valence-electron chi connectivity index (χ3n) is 10.1. The van der Waals surface area contributed by atoms with Gasteiger partial charge in [0.25, 0.3) is 0 Å². The molecule has 1 N–H and O–H groups in total. The molecule has 2 nitrogen and oxygen atoms in total. The largest absolute Gasteiger partial charge is 0.355 e. The number of rotatable bonds is 4. The Morgan fingerprint density at radius 2 is 1.26 bits per heavy atom. The van der Waals surface area contributed by atoms with E-state index >= 15 is 0 Å². The van der Waals surface area contributed by atoms with Crippen LogP contribution in [0.25, 0.3) is 33.0 Å². The Labute approximate surface area is 277 Å². The zero-order valence-electron chi connectivity index (χ0n) is 26.9. The summed E-state index contributed by atoms with van der Waals surface area (Å²) < 4.78 is 0. The molecule has 0 saturated carbocycles. The van der Waals surface area contributed by atoms with Crippen LogP contribution in [-0.4, -0.2) is 7.28 Å². The number of nitrogens with one attached hydrogen (secondary N) is 1. The molecule has 2 heterocycles. The molecule has 0 saturated heterocycles. The number of nitrogens with zero attached hydrogens (tertiary/aromatic N) is 1. The van der Waals surface area contributed by atoms with E-state index in [9.17, 15) is 0 Å². The zero-order valence-corrected chi connectivity index (χ0v) is 26.9. The monoisotopic (exact) mass is 601 g/mol. The third kappa shape index (κ3) is 4.41. The van der Waals surface area contributed by atoms with E-state index in [0.717, 1.165) is 11.4 Å². The van der Waals surface area contributed by atoms with Gasteiger partial charge in [0.15, 0.2) is 7.28 Å². The third-order valence-corrected chi connectivity index (χ3v) is 10.1. The van der Waals surface area contributed by atoms with Crippen molar-refractivity contribution in [3.05, 3.63) is 162 Å². The van der Waals surface area contributed by atoms with Gasteiger partial charge in [-0.05, 0) is 92.9 Å². The smallest absolute Gasteiger partial charge is 0.197 e. The second kappa shape index (κ2) is 10.5. The van der Waals surface area contributed by atoms with Crippen LogP contribution in [0.5, 0.6) is 0 Å². The first-order valence-corrected chi connectivity index (χ1v) is 16.4. The molecule has 0 fully saturated rings. The standard InChI is InChI=1S/C44H34BN2/c1-28-24-35(42-41(25-28)47-40-19-10-9-16-36(40)44(2,3)37-17-11-18-38(45-42)43(37)47)34-26-31-14-7-8-15-32(31)27-39(34)46-33-22-20-30(21-23-33)29-12-5-4-6-13-29/h4-27,46H,1-3H3. The molecule has 7 aromatic carbocycles. The maximum absolute atomic E-state index is 3.83. The highest BCUT2D eigenvalue weighted by Crippen LogP contribution is 2.52. The number of fused-ring (bicyclic) bond motifs is 5. The summed E-state index contributed by atoms with van der Waals surface area (Å²) in [4.78, 5) is 2.52. The lowest BCUT2D eigenvalue weighted by molar-refractivity contribution is 0.632. The fourth-order valence-corrected chi connectivity index (χ4v) is 7.74. The molecule has 47 heavy (non-hydrogen) atoms. The van der Waals surface area contributed by atoms with E-state index in [1.807, 2.05) is 0 Å². The molecule has 1 radical (unpaired) electrons. The van der Waals surface area contributed by atoms with Gasteiger partial charge in [0, 0.05) is 33.7 Å². The van der Waals surface area contributed by atoms with Gasteiger partial charge in [0.1, 0.15) is 0 Å². The summed E-state index contributed by atoms with van der Waals surface area (Å²) in [5, 5.41) is 6.27. The maximum atomic E-state index is 3.83. The number of aryl methyl sites for hydroxylation is 1. The topological polar surface area (TPSA) is 15.3 Å². The predicted molar refractivity (Wildman–Crippen MR) is 201 cm³/mol. The summed E-state index contributed by atoms with van der Waals surface area (Å²) in [5.74, 6) is 0. The van der Waals surface area contributed by atoms with Crippen molar-refractivity contribution in [3.63, 3.8) is 0 Å². The second-order valence-corrected chi connectivity index (χ2v) is 13.4. The first kappa shape index (κ1) is 27.7. The Morgan fingerprint density at radius 3 is 2.06 bits per heavy atom. The van der Waals surface area contributed by atoms with E-state index in [1.54, 1.807) is 0 Å². The average Bonchev–Trinajstić information content (AvgIpc) is 3.10. The molecule has 2 aliphatic rings. The van der Waals surface area contributed by atoms with Gasteiger partial charge < -0.3 is 10.2 Å². The first-order valence-electron chi connectivity index (χ1n) is 16.4. The van der Waals surface area contributed by atoms with Gasteiger partial charge >= 0.3 is 0 Å². The molecule has 0 amide bonds. The van der Waals surface area contributed by atoms with Crippen molar-refractivity contribution < 1.29 is 0 Å². The minimum absolute atomic E-state index is 0.0953. The molecule has 0 bridgehead atoms. The summed E-state index contributed by atoms with van der Waals surface area (Å²) in [6, 6.07) is 53.1. The van der Waals surface area contributed by atoms with Crippen LogP contribution in [0, 0.1) is 6.92 Å². The van der Waals surface area contributed by atoms with E-state index in [4.69, 9.17) is 0 Å². The van der Waals surface area contributed by atoms with Crippen LogP contribution in [0.4, 0.5) is 28.4 Å². The van der Waals surface area contributed by atoms with Crippen LogP contribution in [0.3, 0.4) is 0 Å². The van der Waals surface area contributed by atoms with Crippen molar-refractivity contribution in [1.29, 1.82) is 0 Å². The van der Waals surface area contributed by atoms with Crippen LogP contribution >= 0.6 is 0 Å². The molecule has 0 spiro atoms. The minimum atomic E-state index is -0.0953. The highest BCUT2D eigenvalue weighted by atomic mass is 15.2. The summed E-state index contributed by atoms with van der Waals surface area (Å²) in [7, 11) is 2.41. The lowest BCUT2D eigenvalue weighted by Gasteiger charge is -2.46. The van der Waals surface area contributed by atoms with Gasteiger partial charge in [0.2, 0.25) is 0 Å².